The van der Waals surface area contributed by atoms with Crippen LogP contribution in [0.5, 0.6) is 5.75 Å². The Hall–Kier alpha value is -1.55. The number of carbonyl (C=O) groups is 1. The van der Waals surface area contributed by atoms with Gasteiger partial charge in [-0.3, -0.25) is 4.79 Å². The average Bonchev–Trinajstić information content (AvgIpc) is 2.84. The second-order valence-corrected chi connectivity index (χ2v) is 5.69. The zero-order valence-corrected chi connectivity index (χ0v) is 12.3. The summed E-state index contributed by atoms with van der Waals surface area (Å²) in [5, 5.41) is 0. The van der Waals surface area contributed by atoms with Gasteiger partial charge in [0, 0.05) is 19.0 Å². The molecule has 2 unspecified atom stereocenters. The summed E-state index contributed by atoms with van der Waals surface area (Å²) in [5.74, 6) is 1.16. The second-order valence-electron chi connectivity index (χ2n) is 5.69. The minimum absolute atomic E-state index is 0.106. The van der Waals surface area contributed by atoms with Gasteiger partial charge >= 0.3 is 0 Å². The van der Waals surface area contributed by atoms with Crippen molar-refractivity contribution in [1.29, 1.82) is 0 Å². The summed E-state index contributed by atoms with van der Waals surface area (Å²) in [6.07, 6.45) is 2.70. The van der Waals surface area contributed by atoms with Crippen LogP contribution in [0.25, 0.3) is 0 Å². The van der Waals surface area contributed by atoms with Crippen LogP contribution in [-0.4, -0.2) is 37.0 Å². The van der Waals surface area contributed by atoms with E-state index in [0.29, 0.717) is 13.2 Å². The minimum atomic E-state index is 0.106. The maximum absolute atomic E-state index is 12.2. The Morgan fingerprint density at radius 2 is 2.25 bits per heavy atom. The molecule has 1 aliphatic rings. The third kappa shape index (κ3) is 3.97. The molecule has 0 aliphatic heterocycles. The number of ether oxygens (including phenoxy) is 1. The molecular formula is C16H24N2O2. The number of hydrogen-bond donors (Lipinski definition) is 1. The van der Waals surface area contributed by atoms with Gasteiger partial charge in [0.2, 0.25) is 5.91 Å². The molecule has 1 aromatic rings. The molecule has 0 aromatic heterocycles. The standard InChI is InChI=1S/C16H24N2O2/c1-12-4-3-5-15(10-12)20-9-8-18(2)16(19)13-6-7-14(17)11-13/h3-5,10,13-14H,6-9,11,17H2,1-2H3. The summed E-state index contributed by atoms with van der Waals surface area (Å²) in [5.41, 5.74) is 7.03. The van der Waals surface area contributed by atoms with Crippen molar-refractivity contribution in [2.24, 2.45) is 11.7 Å². The summed E-state index contributed by atoms with van der Waals surface area (Å²) in [7, 11) is 1.84. The van der Waals surface area contributed by atoms with Crippen LogP contribution in [0.15, 0.2) is 24.3 Å². The van der Waals surface area contributed by atoms with Crippen molar-refractivity contribution in [3.05, 3.63) is 29.8 Å². The van der Waals surface area contributed by atoms with E-state index in [2.05, 4.69) is 0 Å². The number of likely N-dealkylation sites (N-methyl/N-ethyl adjacent to an activating group) is 1. The summed E-state index contributed by atoms with van der Waals surface area (Å²) in [4.78, 5) is 14.0. The largest absolute Gasteiger partial charge is 0.492 e. The fourth-order valence-electron chi connectivity index (χ4n) is 2.67. The molecule has 0 saturated heterocycles. The number of benzene rings is 1. The van der Waals surface area contributed by atoms with E-state index in [1.165, 1.54) is 5.56 Å². The van der Waals surface area contributed by atoms with Crippen molar-refractivity contribution in [1.82, 2.24) is 4.90 Å². The third-order valence-electron chi connectivity index (χ3n) is 3.88. The lowest BCUT2D eigenvalue weighted by atomic mass is 10.1. The molecule has 2 atom stereocenters. The zero-order valence-electron chi connectivity index (χ0n) is 12.3. The third-order valence-corrected chi connectivity index (χ3v) is 3.88. The van der Waals surface area contributed by atoms with Crippen molar-refractivity contribution in [3.63, 3.8) is 0 Å². The van der Waals surface area contributed by atoms with Gasteiger partial charge in [0.05, 0.1) is 6.54 Å². The predicted molar refractivity (Wildman–Crippen MR) is 79.6 cm³/mol. The van der Waals surface area contributed by atoms with Crippen LogP contribution in [0, 0.1) is 12.8 Å². The van der Waals surface area contributed by atoms with Crippen molar-refractivity contribution < 1.29 is 9.53 Å². The van der Waals surface area contributed by atoms with Crippen LogP contribution in [0.4, 0.5) is 0 Å². The first-order valence-corrected chi connectivity index (χ1v) is 7.26. The number of amides is 1. The first-order chi connectivity index (χ1) is 9.56. The van der Waals surface area contributed by atoms with Crippen LogP contribution in [0.2, 0.25) is 0 Å². The van der Waals surface area contributed by atoms with E-state index in [-0.39, 0.29) is 17.9 Å². The molecule has 4 heteroatoms. The van der Waals surface area contributed by atoms with Gasteiger partial charge in [0.15, 0.2) is 0 Å². The average molecular weight is 276 g/mol. The quantitative estimate of drug-likeness (QED) is 0.894. The molecule has 0 radical (unpaired) electrons. The maximum atomic E-state index is 12.2. The van der Waals surface area contributed by atoms with Crippen LogP contribution < -0.4 is 10.5 Å². The normalized spacial score (nSPS) is 21.8. The maximum Gasteiger partial charge on any atom is 0.225 e. The second kappa shape index (κ2) is 6.75. The van der Waals surface area contributed by atoms with E-state index >= 15 is 0 Å². The Morgan fingerprint density at radius 1 is 1.45 bits per heavy atom. The van der Waals surface area contributed by atoms with E-state index in [9.17, 15) is 4.79 Å². The van der Waals surface area contributed by atoms with Crippen LogP contribution >= 0.6 is 0 Å². The molecule has 4 nitrogen and oxygen atoms in total. The molecular weight excluding hydrogens is 252 g/mol. The van der Waals surface area contributed by atoms with Crippen LogP contribution in [0.3, 0.4) is 0 Å². The van der Waals surface area contributed by atoms with Crippen molar-refractivity contribution >= 4 is 5.91 Å². The van der Waals surface area contributed by atoms with Gasteiger partial charge in [-0.2, -0.15) is 0 Å². The highest BCUT2D eigenvalue weighted by atomic mass is 16.5. The summed E-state index contributed by atoms with van der Waals surface area (Å²) in [6.45, 7) is 3.16. The van der Waals surface area contributed by atoms with Gasteiger partial charge in [-0.25, -0.2) is 0 Å². The Kier molecular flexibility index (Phi) is 5.01. The van der Waals surface area contributed by atoms with E-state index in [1.807, 2.05) is 38.2 Å². The van der Waals surface area contributed by atoms with Gasteiger partial charge in [-0.1, -0.05) is 12.1 Å². The van der Waals surface area contributed by atoms with E-state index in [4.69, 9.17) is 10.5 Å². The van der Waals surface area contributed by atoms with Crippen molar-refractivity contribution in [2.45, 2.75) is 32.2 Å². The minimum Gasteiger partial charge on any atom is -0.492 e. The molecule has 0 heterocycles. The SMILES string of the molecule is Cc1cccc(OCCN(C)C(=O)C2CCC(N)C2)c1. The molecule has 0 bridgehead atoms. The fourth-order valence-corrected chi connectivity index (χ4v) is 2.67. The van der Waals surface area contributed by atoms with Crippen molar-refractivity contribution in [2.75, 3.05) is 20.2 Å². The van der Waals surface area contributed by atoms with E-state index in [0.717, 1.165) is 25.0 Å². The number of nitrogens with zero attached hydrogens (tertiary/aromatic N) is 1. The molecule has 2 rings (SSSR count). The summed E-state index contributed by atoms with van der Waals surface area (Å²) in [6, 6.07) is 8.13. The van der Waals surface area contributed by atoms with Crippen molar-refractivity contribution in [3.8, 4) is 5.75 Å². The molecule has 1 fully saturated rings. The van der Waals surface area contributed by atoms with Gasteiger partial charge in [-0.05, 0) is 43.9 Å². The molecule has 20 heavy (non-hydrogen) atoms. The Bertz CT molecular complexity index is 462. The molecule has 2 N–H and O–H groups in total. The fraction of sp³-hybridized carbons (Fsp3) is 0.562. The zero-order chi connectivity index (χ0) is 14.5. The lowest BCUT2D eigenvalue weighted by molar-refractivity contribution is -0.134. The summed E-state index contributed by atoms with van der Waals surface area (Å²) >= 11 is 0. The predicted octanol–water partition coefficient (Wildman–Crippen LogP) is 1.96. The number of rotatable bonds is 5. The lowest BCUT2D eigenvalue weighted by Crippen LogP contribution is -2.35. The van der Waals surface area contributed by atoms with Gasteiger partial charge in [0.25, 0.3) is 0 Å². The van der Waals surface area contributed by atoms with E-state index in [1.54, 1.807) is 4.90 Å². The first kappa shape index (κ1) is 14.9. The lowest BCUT2D eigenvalue weighted by Gasteiger charge is -2.21. The van der Waals surface area contributed by atoms with E-state index < -0.39 is 0 Å². The molecule has 1 amide bonds. The number of aryl methyl sites for hydroxylation is 1. The Balaban J connectivity index is 1.74. The highest BCUT2D eigenvalue weighted by molar-refractivity contribution is 5.78. The monoisotopic (exact) mass is 276 g/mol. The number of hydrogen-bond acceptors (Lipinski definition) is 3. The molecule has 0 spiro atoms. The number of carbonyl (C=O) groups excluding carboxylic acids is 1. The van der Waals surface area contributed by atoms with Gasteiger partial charge < -0.3 is 15.4 Å². The molecule has 1 aromatic carbocycles. The topological polar surface area (TPSA) is 55.6 Å². The Labute approximate surface area is 120 Å². The molecule has 110 valence electrons. The van der Waals surface area contributed by atoms with Crippen LogP contribution in [-0.2, 0) is 4.79 Å². The molecule has 1 saturated carbocycles. The highest BCUT2D eigenvalue weighted by Crippen LogP contribution is 2.25. The molecule has 1 aliphatic carbocycles. The Morgan fingerprint density at radius 3 is 2.90 bits per heavy atom. The van der Waals surface area contributed by atoms with Crippen LogP contribution in [0.1, 0.15) is 24.8 Å². The van der Waals surface area contributed by atoms with Gasteiger partial charge in [0.1, 0.15) is 12.4 Å². The summed E-state index contributed by atoms with van der Waals surface area (Å²) < 4.78 is 5.67. The van der Waals surface area contributed by atoms with Gasteiger partial charge in [-0.15, -0.1) is 0 Å². The first-order valence-electron chi connectivity index (χ1n) is 7.26. The smallest absolute Gasteiger partial charge is 0.225 e. The number of nitrogens with two attached hydrogens (primary N) is 1. The highest BCUT2D eigenvalue weighted by Gasteiger charge is 2.29.